The number of nitrogens with one attached hydrogen (secondary N) is 1. The third kappa shape index (κ3) is 3.74. The van der Waals surface area contributed by atoms with Crippen molar-refractivity contribution in [1.29, 1.82) is 0 Å². The van der Waals surface area contributed by atoms with Crippen LogP contribution in [0.5, 0.6) is 0 Å². The Labute approximate surface area is 133 Å². The van der Waals surface area contributed by atoms with Crippen LogP contribution in [-0.4, -0.2) is 18.5 Å². The Hall–Kier alpha value is -2.26. The minimum Gasteiger partial charge on any atom is -0.360 e. The Bertz CT molecular complexity index is 819. The van der Waals surface area contributed by atoms with Crippen LogP contribution in [-0.2, 0) is 23.0 Å². The first-order chi connectivity index (χ1) is 10.7. The fourth-order valence-electron chi connectivity index (χ4n) is 2.30. The zero-order chi connectivity index (χ0) is 17.2. The number of nitrogens with zero attached hydrogens (tertiary/aromatic N) is 2. The minimum absolute atomic E-state index is 0.0365. The van der Waals surface area contributed by atoms with Gasteiger partial charge in [-0.2, -0.15) is 0 Å². The molecule has 0 unspecified atom stereocenters. The van der Waals surface area contributed by atoms with E-state index in [-0.39, 0.29) is 17.1 Å². The molecule has 0 saturated heterocycles. The normalized spacial score (nSPS) is 11.6. The molecule has 0 aliphatic carbocycles. The number of aromatic nitrogens is 1. The molecule has 0 spiro atoms. The van der Waals surface area contributed by atoms with Gasteiger partial charge in [-0.05, 0) is 31.4 Å². The highest BCUT2D eigenvalue weighted by Gasteiger charge is 2.23. The maximum absolute atomic E-state index is 12.5. The van der Waals surface area contributed by atoms with Gasteiger partial charge < -0.3 is 4.52 Å². The first kappa shape index (κ1) is 17.1. The van der Waals surface area contributed by atoms with Crippen molar-refractivity contribution in [2.24, 2.45) is 0 Å². The van der Waals surface area contributed by atoms with Crippen LogP contribution in [0.25, 0.3) is 0 Å². The van der Waals surface area contributed by atoms with Gasteiger partial charge in [0.25, 0.3) is 5.69 Å². The molecular formula is C14H17N3O5S. The summed E-state index contributed by atoms with van der Waals surface area (Å²) in [5, 5.41) is 14.6. The van der Waals surface area contributed by atoms with Crippen LogP contribution < -0.4 is 4.72 Å². The lowest BCUT2D eigenvalue weighted by Crippen LogP contribution is -2.24. The molecule has 0 fully saturated rings. The Morgan fingerprint density at radius 3 is 2.35 bits per heavy atom. The largest absolute Gasteiger partial charge is 0.360 e. The molecule has 8 nitrogen and oxygen atoms in total. The van der Waals surface area contributed by atoms with E-state index in [1.165, 1.54) is 26.0 Å². The van der Waals surface area contributed by atoms with E-state index in [9.17, 15) is 18.5 Å². The second kappa shape index (κ2) is 6.47. The van der Waals surface area contributed by atoms with Crippen molar-refractivity contribution in [1.82, 2.24) is 9.88 Å². The van der Waals surface area contributed by atoms with E-state index in [4.69, 9.17) is 4.52 Å². The summed E-state index contributed by atoms with van der Waals surface area (Å²) in [5.41, 5.74) is 1.23. The zero-order valence-electron chi connectivity index (χ0n) is 13.0. The number of hydrogen-bond acceptors (Lipinski definition) is 6. The van der Waals surface area contributed by atoms with Gasteiger partial charge in [-0.1, -0.05) is 12.1 Å². The van der Waals surface area contributed by atoms with E-state index < -0.39 is 14.9 Å². The van der Waals surface area contributed by atoms with Crippen LogP contribution in [0.4, 0.5) is 5.69 Å². The predicted molar refractivity (Wildman–Crippen MR) is 82.5 cm³/mol. The van der Waals surface area contributed by atoms with E-state index in [0.29, 0.717) is 23.3 Å². The molecule has 1 aromatic carbocycles. The average Bonchev–Trinajstić information content (AvgIpc) is 2.92. The molecule has 0 bridgehead atoms. The summed E-state index contributed by atoms with van der Waals surface area (Å²) in [4.78, 5) is 10.3. The fraction of sp³-hybridized carbons (Fsp3) is 0.357. The number of nitro groups is 1. The fourth-order valence-corrected chi connectivity index (χ4v) is 3.74. The Morgan fingerprint density at radius 2 is 1.87 bits per heavy atom. The number of aryl methyl sites for hydroxylation is 3. The van der Waals surface area contributed by atoms with Gasteiger partial charge >= 0.3 is 0 Å². The number of rotatable bonds is 6. The second-order valence-electron chi connectivity index (χ2n) is 5.13. The minimum atomic E-state index is -3.82. The van der Waals surface area contributed by atoms with E-state index in [2.05, 4.69) is 9.88 Å². The Kier molecular flexibility index (Phi) is 4.81. The van der Waals surface area contributed by atoms with Gasteiger partial charge in [0.2, 0.25) is 10.0 Å². The SMILES string of the molecule is CCc1cc(CNS(=O)(=O)c2c(C)cc([N+](=O)[O-])cc2C)on1. The quantitative estimate of drug-likeness (QED) is 0.637. The van der Waals surface area contributed by atoms with Crippen molar-refractivity contribution in [3.05, 3.63) is 50.9 Å². The number of benzene rings is 1. The average molecular weight is 339 g/mol. The summed E-state index contributed by atoms with van der Waals surface area (Å²) in [6.45, 7) is 4.93. The van der Waals surface area contributed by atoms with Gasteiger partial charge in [0.1, 0.15) is 0 Å². The van der Waals surface area contributed by atoms with E-state index >= 15 is 0 Å². The molecule has 124 valence electrons. The smallest absolute Gasteiger partial charge is 0.270 e. The van der Waals surface area contributed by atoms with Crippen LogP contribution in [0.15, 0.2) is 27.6 Å². The highest BCUT2D eigenvalue weighted by molar-refractivity contribution is 7.89. The van der Waals surface area contributed by atoms with Gasteiger partial charge in [0.15, 0.2) is 5.76 Å². The molecule has 1 aromatic heterocycles. The summed E-state index contributed by atoms with van der Waals surface area (Å²) in [6.07, 6.45) is 0.691. The lowest BCUT2D eigenvalue weighted by Gasteiger charge is -2.11. The van der Waals surface area contributed by atoms with Crippen LogP contribution >= 0.6 is 0 Å². The van der Waals surface area contributed by atoms with Crippen LogP contribution in [0.3, 0.4) is 0 Å². The van der Waals surface area contributed by atoms with Gasteiger partial charge in [-0.15, -0.1) is 0 Å². The van der Waals surface area contributed by atoms with Crippen molar-refractivity contribution in [3.63, 3.8) is 0 Å². The topological polar surface area (TPSA) is 115 Å². The molecule has 23 heavy (non-hydrogen) atoms. The van der Waals surface area contributed by atoms with Crippen LogP contribution in [0, 0.1) is 24.0 Å². The van der Waals surface area contributed by atoms with Crippen molar-refractivity contribution >= 4 is 15.7 Å². The highest BCUT2D eigenvalue weighted by atomic mass is 32.2. The first-order valence-electron chi connectivity index (χ1n) is 6.94. The standard InChI is InChI=1S/C14H17N3O5S/c1-4-11-7-13(22-16-11)8-15-23(20,21)14-9(2)5-12(17(18)19)6-10(14)3/h5-7,15H,4,8H2,1-3H3. The Balaban J connectivity index is 2.27. The zero-order valence-corrected chi connectivity index (χ0v) is 13.8. The Morgan fingerprint density at radius 1 is 1.26 bits per heavy atom. The van der Waals surface area contributed by atoms with Crippen LogP contribution in [0.1, 0.15) is 29.5 Å². The van der Waals surface area contributed by atoms with E-state index in [1.807, 2.05) is 6.92 Å². The van der Waals surface area contributed by atoms with Crippen molar-refractivity contribution in [2.45, 2.75) is 38.6 Å². The maximum Gasteiger partial charge on any atom is 0.270 e. The van der Waals surface area contributed by atoms with Crippen LogP contribution in [0.2, 0.25) is 0 Å². The van der Waals surface area contributed by atoms with Gasteiger partial charge in [0, 0.05) is 18.2 Å². The van der Waals surface area contributed by atoms with Crippen molar-refractivity contribution < 1.29 is 17.9 Å². The maximum atomic E-state index is 12.5. The van der Waals surface area contributed by atoms with E-state index in [1.54, 1.807) is 6.07 Å². The third-order valence-corrected chi connectivity index (χ3v) is 5.04. The van der Waals surface area contributed by atoms with Crippen molar-refractivity contribution in [3.8, 4) is 0 Å². The number of sulfonamides is 1. The second-order valence-corrected chi connectivity index (χ2v) is 6.83. The molecule has 0 saturated carbocycles. The number of hydrogen-bond donors (Lipinski definition) is 1. The molecule has 2 rings (SSSR count). The van der Waals surface area contributed by atoms with Gasteiger partial charge in [-0.3, -0.25) is 10.1 Å². The van der Waals surface area contributed by atoms with Crippen molar-refractivity contribution in [2.75, 3.05) is 0 Å². The number of non-ortho nitro benzene ring substituents is 1. The highest BCUT2D eigenvalue weighted by Crippen LogP contribution is 2.25. The molecule has 2 aromatic rings. The molecular weight excluding hydrogens is 322 g/mol. The summed E-state index contributed by atoms with van der Waals surface area (Å²) in [5.74, 6) is 0.405. The molecule has 0 aliphatic rings. The lowest BCUT2D eigenvalue weighted by atomic mass is 10.1. The summed E-state index contributed by atoms with van der Waals surface area (Å²) < 4.78 is 32.4. The molecule has 0 atom stereocenters. The molecule has 1 heterocycles. The lowest BCUT2D eigenvalue weighted by molar-refractivity contribution is -0.385. The third-order valence-electron chi connectivity index (χ3n) is 3.33. The summed E-state index contributed by atoms with van der Waals surface area (Å²) in [6, 6.07) is 4.16. The number of nitro benzene ring substituents is 1. The van der Waals surface area contributed by atoms with Gasteiger partial charge in [-0.25, -0.2) is 13.1 Å². The van der Waals surface area contributed by atoms with E-state index in [0.717, 1.165) is 5.69 Å². The van der Waals surface area contributed by atoms with Gasteiger partial charge in [0.05, 0.1) is 22.1 Å². The molecule has 0 aliphatic heterocycles. The monoisotopic (exact) mass is 339 g/mol. The first-order valence-corrected chi connectivity index (χ1v) is 8.42. The predicted octanol–water partition coefficient (Wildman–Crippen LogP) is 2.24. The molecule has 9 heteroatoms. The summed E-state index contributed by atoms with van der Waals surface area (Å²) in [7, 11) is -3.82. The molecule has 0 amide bonds. The molecule has 0 radical (unpaired) electrons. The molecule has 1 N–H and O–H groups in total. The summed E-state index contributed by atoms with van der Waals surface area (Å²) >= 11 is 0.